The predicted octanol–water partition coefficient (Wildman–Crippen LogP) is 2.03. The Hall–Kier alpha value is -2.80. The lowest BCUT2D eigenvalue weighted by molar-refractivity contribution is 0.315. The molecular formula is C19H23N7. The molecule has 4 heterocycles. The number of pyridine rings is 1. The summed E-state index contributed by atoms with van der Waals surface area (Å²) in [4.78, 5) is 13.5. The summed E-state index contributed by atoms with van der Waals surface area (Å²) in [6.45, 7) is 6.24. The van der Waals surface area contributed by atoms with E-state index in [0.29, 0.717) is 0 Å². The third-order valence-electron chi connectivity index (χ3n) is 4.57. The monoisotopic (exact) mass is 349 g/mol. The number of hydrogen-bond donors (Lipinski definition) is 0. The quantitative estimate of drug-likeness (QED) is 0.702. The lowest BCUT2D eigenvalue weighted by Crippen LogP contribution is -2.34. The molecule has 0 aromatic carbocycles. The van der Waals surface area contributed by atoms with Crippen molar-refractivity contribution in [3.05, 3.63) is 65.6 Å². The van der Waals surface area contributed by atoms with Crippen molar-refractivity contribution in [2.45, 2.75) is 33.1 Å². The molecule has 3 aromatic rings. The largest absolute Gasteiger partial charge is 0.346 e. The fourth-order valence-electron chi connectivity index (χ4n) is 3.28. The molecule has 0 radical (unpaired) electrons. The normalized spacial score (nSPS) is 13.9. The second kappa shape index (κ2) is 7.21. The van der Waals surface area contributed by atoms with Crippen LogP contribution in [-0.2, 0) is 26.2 Å². The molecule has 0 bridgehead atoms. The standard InChI is InChI=1S/C19H23N7/c1-15-5-6-18(23-22-15)26-9-8-25-13-17(21-19(25)14-26)12-24(2)11-16-4-3-7-20-10-16/h3-7,10,13H,8-9,11-12,14H2,1-2H3. The minimum Gasteiger partial charge on any atom is -0.346 e. The Labute approximate surface area is 153 Å². The van der Waals surface area contributed by atoms with Crippen LogP contribution < -0.4 is 4.90 Å². The fraction of sp³-hybridized carbons (Fsp3) is 0.368. The van der Waals surface area contributed by atoms with Gasteiger partial charge in [0.05, 0.1) is 17.9 Å². The molecule has 0 fully saturated rings. The third-order valence-corrected chi connectivity index (χ3v) is 4.57. The summed E-state index contributed by atoms with van der Waals surface area (Å²) in [6.07, 6.45) is 5.89. The van der Waals surface area contributed by atoms with E-state index in [4.69, 9.17) is 4.98 Å². The first-order valence-corrected chi connectivity index (χ1v) is 8.85. The Morgan fingerprint density at radius 1 is 1.12 bits per heavy atom. The van der Waals surface area contributed by atoms with Crippen molar-refractivity contribution in [3.8, 4) is 0 Å². The van der Waals surface area contributed by atoms with Crippen LogP contribution in [0.3, 0.4) is 0 Å². The van der Waals surface area contributed by atoms with Crippen LogP contribution in [0, 0.1) is 6.92 Å². The summed E-state index contributed by atoms with van der Waals surface area (Å²) < 4.78 is 2.26. The first-order chi connectivity index (χ1) is 12.7. The predicted molar refractivity (Wildman–Crippen MR) is 99.5 cm³/mol. The summed E-state index contributed by atoms with van der Waals surface area (Å²) in [5.74, 6) is 2.00. The maximum atomic E-state index is 4.84. The molecule has 7 heteroatoms. The van der Waals surface area contributed by atoms with Crippen molar-refractivity contribution in [2.75, 3.05) is 18.5 Å². The van der Waals surface area contributed by atoms with E-state index < -0.39 is 0 Å². The van der Waals surface area contributed by atoms with E-state index in [0.717, 1.165) is 55.8 Å². The van der Waals surface area contributed by atoms with Crippen molar-refractivity contribution in [1.82, 2.24) is 29.6 Å². The van der Waals surface area contributed by atoms with Crippen molar-refractivity contribution in [2.24, 2.45) is 0 Å². The number of anilines is 1. The molecule has 0 atom stereocenters. The Bertz CT molecular complexity index is 857. The number of imidazole rings is 1. The first-order valence-electron chi connectivity index (χ1n) is 8.85. The molecule has 1 aliphatic rings. The highest BCUT2D eigenvalue weighted by Crippen LogP contribution is 2.19. The molecule has 1 aliphatic heterocycles. The Morgan fingerprint density at radius 2 is 2.04 bits per heavy atom. The Kier molecular flexibility index (Phi) is 4.62. The van der Waals surface area contributed by atoms with Gasteiger partial charge in [0.25, 0.3) is 0 Å². The zero-order chi connectivity index (χ0) is 17.9. The molecule has 0 N–H and O–H groups in total. The van der Waals surface area contributed by atoms with E-state index in [1.165, 1.54) is 5.56 Å². The van der Waals surface area contributed by atoms with Gasteiger partial charge in [-0.05, 0) is 37.7 Å². The van der Waals surface area contributed by atoms with Crippen molar-refractivity contribution >= 4 is 5.82 Å². The number of aryl methyl sites for hydroxylation is 1. The minimum atomic E-state index is 0.768. The second-order valence-corrected chi connectivity index (χ2v) is 6.83. The first kappa shape index (κ1) is 16.7. The Balaban J connectivity index is 1.41. The zero-order valence-corrected chi connectivity index (χ0v) is 15.2. The minimum absolute atomic E-state index is 0.768. The van der Waals surface area contributed by atoms with Crippen LogP contribution in [0.15, 0.2) is 42.9 Å². The van der Waals surface area contributed by atoms with Gasteiger partial charge < -0.3 is 9.47 Å². The van der Waals surface area contributed by atoms with E-state index in [9.17, 15) is 0 Å². The van der Waals surface area contributed by atoms with Gasteiger partial charge in [0.2, 0.25) is 0 Å². The summed E-state index contributed by atoms with van der Waals surface area (Å²) >= 11 is 0. The van der Waals surface area contributed by atoms with Gasteiger partial charge in [0.1, 0.15) is 5.82 Å². The topological polar surface area (TPSA) is 63.0 Å². The molecule has 0 amide bonds. The van der Waals surface area contributed by atoms with Crippen LogP contribution in [0.1, 0.15) is 22.8 Å². The van der Waals surface area contributed by atoms with Gasteiger partial charge in [0.15, 0.2) is 5.82 Å². The number of hydrogen-bond acceptors (Lipinski definition) is 6. The maximum Gasteiger partial charge on any atom is 0.151 e. The average molecular weight is 349 g/mol. The molecular weight excluding hydrogens is 326 g/mol. The van der Waals surface area contributed by atoms with Crippen molar-refractivity contribution in [1.29, 1.82) is 0 Å². The lowest BCUT2D eigenvalue weighted by Gasteiger charge is -2.28. The van der Waals surface area contributed by atoms with E-state index >= 15 is 0 Å². The number of nitrogens with zero attached hydrogens (tertiary/aromatic N) is 7. The van der Waals surface area contributed by atoms with Gasteiger partial charge in [-0.3, -0.25) is 9.88 Å². The summed E-state index contributed by atoms with van der Waals surface area (Å²) in [6, 6.07) is 8.11. The average Bonchev–Trinajstić information content (AvgIpc) is 3.04. The van der Waals surface area contributed by atoms with Gasteiger partial charge >= 0.3 is 0 Å². The molecule has 0 unspecified atom stereocenters. The molecule has 3 aromatic heterocycles. The van der Waals surface area contributed by atoms with Gasteiger partial charge in [-0.2, -0.15) is 5.10 Å². The SMILES string of the molecule is Cc1ccc(N2CCn3cc(CN(C)Cc4cccnc4)nc3C2)nn1. The van der Waals surface area contributed by atoms with Gasteiger partial charge in [0, 0.05) is 44.8 Å². The van der Waals surface area contributed by atoms with Crippen LogP contribution in [0.25, 0.3) is 0 Å². The van der Waals surface area contributed by atoms with Crippen molar-refractivity contribution < 1.29 is 0 Å². The van der Waals surface area contributed by atoms with Gasteiger partial charge in [-0.25, -0.2) is 4.98 Å². The number of aromatic nitrogens is 5. The molecule has 7 nitrogen and oxygen atoms in total. The molecule has 4 rings (SSSR count). The molecule has 0 saturated carbocycles. The number of fused-ring (bicyclic) bond motifs is 1. The van der Waals surface area contributed by atoms with Gasteiger partial charge in [-0.1, -0.05) is 6.07 Å². The van der Waals surface area contributed by atoms with Crippen LogP contribution in [0.2, 0.25) is 0 Å². The van der Waals surface area contributed by atoms with Crippen molar-refractivity contribution in [3.63, 3.8) is 0 Å². The highest BCUT2D eigenvalue weighted by molar-refractivity contribution is 5.38. The molecule has 0 spiro atoms. The fourth-order valence-corrected chi connectivity index (χ4v) is 3.28. The van der Waals surface area contributed by atoms with E-state index in [1.807, 2.05) is 31.3 Å². The van der Waals surface area contributed by atoms with Crippen LogP contribution in [0.5, 0.6) is 0 Å². The number of rotatable bonds is 5. The molecule has 134 valence electrons. The lowest BCUT2D eigenvalue weighted by atomic mass is 10.2. The molecule has 26 heavy (non-hydrogen) atoms. The second-order valence-electron chi connectivity index (χ2n) is 6.83. The summed E-state index contributed by atoms with van der Waals surface area (Å²) in [5.41, 5.74) is 3.25. The zero-order valence-electron chi connectivity index (χ0n) is 15.2. The highest BCUT2D eigenvalue weighted by Gasteiger charge is 2.20. The summed E-state index contributed by atoms with van der Waals surface area (Å²) in [5, 5.41) is 8.47. The highest BCUT2D eigenvalue weighted by atomic mass is 15.3. The molecule has 0 aliphatic carbocycles. The summed E-state index contributed by atoms with van der Waals surface area (Å²) in [7, 11) is 2.11. The van der Waals surface area contributed by atoms with Crippen LogP contribution in [0.4, 0.5) is 5.82 Å². The third kappa shape index (κ3) is 3.72. The van der Waals surface area contributed by atoms with Crippen LogP contribution >= 0.6 is 0 Å². The van der Waals surface area contributed by atoms with E-state index in [2.05, 4.69) is 48.9 Å². The molecule has 0 saturated heterocycles. The smallest absolute Gasteiger partial charge is 0.151 e. The van der Waals surface area contributed by atoms with E-state index in [1.54, 1.807) is 6.20 Å². The van der Waals surface area contributed by atoms with Crippen LogP contribution in [-0.4, -0.2) is 43.2 Å². The Morgan fingerprint density at radius 3 is 2.81 bits per heavy atom. The van der Waals surface area contributed by atoms with Gasteiger partial charge in [-0.15, -0.1) is 5.10 Å². The van der Waals surface area contributed by atoms with E-state index in [-0.39, 0.29) is 0 Å². The maximum absolute atomic E-state index is 4.84.